The number of aromatic nitrogens is 5. The third-order valence-corrected chi connectivity index (χ3v) is 4.31. The summed E-state index contributed by atoms with van der Waals surface area (Å²) in [5.74, 6) is 0.907. The van der Waals surface area contributed by atoms with Crippen LogP contribution in [0.3, 0.4) is 0 Å². The fourth-order valence-electron chi connectivity index (χ4n) is 2.86. The van der Waals surface area contributed by atoms with Gasteiger partial charge in [0, 0.05) is 19.8 Å². The summed E-state index contributed by atoms with van der Waals surface area (Å²) in [4.78, 5) is 6.52. The number of likely N-dealkylation sites (tertiary alicyclic amines) is 1. The molecule has 21 heavy (non-hydrogen) atoms. The van der Waals surface area contributed by atoms with E-state index in [1.54, 1.807) is 23.3 Å². The van der Waals surface area contributed by atoms with Crippen molar-refractivity contribution in [2.24, 2.45) is 7.05 Å². The summed E-state index contributed by atoms with van der Waals surface area (Å²) in [6, 6.07) is 0. The largest absolute Gasteiger partial charge is 0.387 e. The van der Waals surface area contributed by atoms with E-state index in [4.69, 9.17) is 11.6 Å². The molecule has 3 rings (SSSR count). The maximum absolute atomic E-state index is 10.8. The molecule has 2 aromatic heterocycles. The smallest absolute Gasteiger partial charge is 0.128 e. The molecule has 2 aromatic rings. The first-order valence-corrected chi connectivity index (χ1v) is 7.38. The molecule has 1 saturated heterocycles. The van der Waals surface area contributed by atoms with Gasteiger partial charge in [-0.1, -0.05) is 16.8 Å². The van der Waals surface area contributed by atoms with E-state index in [1.165, 1.54) is 0 Å². The molecule has 0 saturated carbocycles. The lowest BCUT2D eigenvalue weighted by Gasteiger charge is -2.38. The lowest BCUT2D eigenvalue weighted by atomic mass is 9.93. The van der Waals surface area contributed by atoms with Crippen molar-refractivity contribution in [1.29, 1.82) is 0 Å². The van der Waals surface area contributed by atoms with Crippen molar-refractivity contribution in [3.05, 3.63) is 29.6 Å². The average Bonchev–Trinajstić information content (AvgIpc) is 3.04. The molecule has 0 amide bonds. The molecule has 7 nitrogen and oxygen atoms in total. The van der Waals surface area contributed by atoms with E-state index in [1.807, 2.05) is 11.6 Å². The number of aliphatic hydroxyl groups is 1. The number of hydrogen-bond acceptors (Lipinski definition) is 5. The van der Waals surface area contributed by atoms with Crippen LogP contribution in [0.15, 0.2) is 18.6 Å². The SMILES string of the molecule is Cn1c(Cl)cnc1CN1CCCC(O)(Cn2ccnn2)C1. The van der Waals surface area contributed by atoms with Gasteiger partial charge in [0.25, 0.3) is 0 Å². The minimum Gasteiger partial charge on any atom is -0.387 e. The van der Waals surface area contributed by atoms with Gasteiger partial charge < -0.3 is 9.67 Å². The third-order valence-electron chi connectivity index (χ3n) is 3.96. The normalized spacial score (nSPS) is 23.6. The molecule has 0 aromatic carbocycles. The molecule has 0 bridgehead atoms. The minimum absolute atomic E-state index is 0.463. The van der Waals surface area contributed by atoms with Crippen LogP contribution in [-0.2, 0) is 20.1 Å². The third kappa shape index (κ3) is 3.25. The van der Waals surface area contributed by atoms with Crippen LogP contribution in [0.4, 0.5) is 0 Å². The van der Waals surface area contributed by atoms with Gasteiger partial charge in [0.1, 0.15) is 11.0 Å². The average molecular weight is 311 g/mol. The summed E-state index contributed by atoms with van der Waals surface area (Å²) in [7, 11) is 1.90. The van der Waals surface area contributed by atoms with Crippen LogP contribution in [0.1, 0.15) is 18.7 Å². The molecular weight excluding hydrogens is 292 g/mol. The summed E-state index contributed by atoms with van der Waals surface area (Å²) < 4.78 is 3.55. The maximum Gasteiger partial charge on any atom is 0.128 e. The number of rotatable bonds is 4. The second kappa shape index (κ2) is 5.75. The molecule has 0 aliphatic carbocycles. The Kier molecular flexibility index (Phi) is 3.97. The molecule has 1 atom stereocenters. The Balaban J connectivity index is 1.66. The predicted octanol–water partition coefficient (Wildman–Crippen LogP) is 0.692. The molecule has 1 aliphatic rings. The summed E-state index contributed by atoms with van der Waals surface area (Å²) in [5.41, 5.74) is -0.777. The van der Waals surface area contributed by atoms with Gasteiger partial charge in [0.15, 0.2) is 0 Å². The summed E-state index contributed by atoms with van der Waals surface area (Å²) in [5, 5.41) is 19.1. The van der Waals surface area contributed by atoms with Crippen LogP contribution in [0.25, 0.3) is 0 Å². The van der Waals surface area contributed by atoms with Gasteiger partial charge in [-0.05, 0) is 19.4 Å². The van der Waals surface area contributed by atoms with Gasteiger partial charge in [-0.2, -0.15) is 0 Å². The molecule has 0 spiro atoms. The van der Waals surface area contributed by atoms with Gasteiger partial charge in [-0.25, -0.2) is 9.67 Å². The van der Waals surface area contributed by atoms with E-state index in [-0.39, 0.29) is 0 Å². The molecule has 0 radical (unpaired) electrons. The molecule has 114 valence electrons. The van der Waals surface area contributed by atoms with E-state index in [9.17, 15) is 5.11 Å². The second-order valence-electron chi connectivity index (χ2n) is 5.70. The van der Waals surface area contributed by atoms with E-state index in [0.717, 1.165) is 25.2 Å². The molecule has 1 unspecified atom stereocenters. The number of β-amino-alcohol motifs (C(OH)–C–C–N with tert-alkyl or cyclic N) is 1. The van der Waals surface area contributed by atoms with Crippen molar-refractivity contribution in [3.8, 4) is 0 Å². The maximum atomic E-state index is 10.8. The van der Waals surface area contributed by atoms with Crippen molar-refractivity contribution in [2.75, 3.05) is 13.1 Å². The number of imidazole rings is 1. The minimum atomic E-state index is -0.777. The zero-order valence-electron chi connectivity index (χ0n) is 12.0. The molecule has 1 aliphatic heterocycles. The topological polar surface area (TPSA) is 72.0 Å². The highest BCUT2D eigenvalue weighted by molar-refractivity contribution is 6.29. The first-order chi connectivity index (χ1) is 10.1. The Hall–Kier alpha value is -1.44. The molecular formula is C13H19ClN6O. The summed E-state index contributed by atoms with van der Waals surface area (Å²) >= 11 is 6.01. The van der Waals surface area contributed by atoms with E-state index >= 15 is 0 Å². The lowest BCUT2D eigenvalue weighted by Crippen LogP contribution is -2.50. The highest BCUT2D eigenvalue weighted by Crippen LogP contribution is 2.24. The monoisotopic (exact) mass is 310 g/mol. The van der Waals surface area contributed by atoms with E-state index < -0.39 is 5.60 Å². The van der Waals surface area contributed by atoms with Crippen LogP contribution < -0.4 is 0 Å². The number of hydrogen-bond donors (Lipinski definition) is 1. The Labute approximate surface area is 128 Å². The fraction of sp³-hybridized carbons (Fsp3) is 0.615. The molecule has 1 fully saturated rings. The van der Waals surface area contributed by atoms with Gasteiger partial charge in [-0.15, -0.1) is 5.10 Å². The highest BCUT2D eigenvalue weighted by Gasteiger charge is 2.34. The van der Waals surface area contributed by atoms with Gasteiger partial charge in [0.05, 0.1) is 31.1 Å². The van der Waals surface area contributed by atoms with Crippen LogP contribution >= 0.6 is 11.6 Å². The van der Waals surface area contributed by atoms with Crippen molar-refractivity contribution in [1.82, 2.24) is 29.4 Å². The summed E-state index contributed by atoms with van der Waals surface area (Å²) in [6.07, 6.45) is 6.77. The number of nitrogens with zero attached hydrogens (tertiary/aromatic N) is 6. The van der Waals surface area contributed by atoms with Crippen LogP contribution in [0, 0.1) is 0 Å². The Bertz CT molecular complexity index is 598. The zero-order chi connectivity index (χ0) is 14.9. The van der Waals surface area contributed by atoms with Gasteiger partial charge >= 0.3 is 0 Å². The van der Waals surface area contributed by atoms with E-state index in [2.05, 4.69) is 20.2 Å². The number of halogens is 1. The number of piperidine rings is 1. The van der Waals surface area contributed by atoms with Crippen LogP contribution in [0.5, 0.6) is 0 Å². The molecule has 1 N–H and O–H groups in total. The van der Waals surface area contributed by atoms with Crippen molar-refractivity contribution < 1.29 is 5.11 Å². The van der Waals surface area contributed by atoms with Crippen molar-refractivity contribution in [3.63, 3.8) is 0 Å². The zero-order valence-corrected chi connectivity index (χ0v) is 12.7. The second-order valence-corrected chi connectivity index (χ2v) is 6.08. The molecule has 3 heterocycles. The predicted molar refractivity (Wildman–Crippen MR) is 77.7 cm³/mol. The molecule has 8 heteroatoms. The highest BCUT2D eigenvalue weighted by atomic mass is 35.5. The Morgan fingerprint density at radius 2 is 2.33 bits per heavy atom. The van der Waals surface area contributed by atoms with Gasteiger partial charge in [-0.3, -0.25) is 4.90 Å². The first kappa shape index (κ1) is 14.5. The van der Waals surface area contributed by atoms with Gasteiger partial charge in [0.2, 0.25) is 0 Å². The fourth-order valence-corrected chi connectivity index (χ4v) is 3.01. The van der Waals surface area contributed by atoms with Crippen molar-refractivity contribution in [2.45, 2.75) is 31.5 Å². The Morgan fingerprint density at radius 3 is 3.00 bits per heavy atom. The lowest BCUT2D eigenvalue weighted by molar-refractivity contribution is -0.0485. The van der Waals surface area contributed by atoms with Crippen LogP contribution in [-0.4, -0.2) is 53.2 Å². The van der Waals surface area contributed by atoms with Crippen molar-refractivity contribution >= 4 is 11.6 Å². The standard InChI is InChI=1S/C13H19ClN6O/c1-18-11(14)7-15-12(18)8-19-5-2-3-13(21,9-19)10-20-6-4-16-17-20/h4,6-7,21H,2-3,5,8-10H2,1H3. The first-order valence-electron chi connectivity index (χ1n) is 7.01. The Morgan fingerprint density at radius 1 is 1.48 bits per heavy atom. The van der Waals surface area contributed by atoms with E-state index in [0.29, 0.717) is 24.8 Å². The summed E-state index contributed by atoms with van der Waals surface area (Å²) in [6.45, 7) is 2.69. The quantitative estimate of drug-likeness (QED) is 0.899. The van der Waals surface area contributed by atoms with Crippen LogP contribution in [0.2, 0.25) is 5.15 Å².